The van der Waals surface area contributed by atoms with Crippen molar-refractivity contribution in [2.45, 2.75) is 11.8 Å². The summed E-state index contributed by atoms with van der Waals surface area (Å²) in [6, 6.07) is 8.26. The Morgan fingerprint density at radius 2 is 1.80 bits per heavy atom. The molecule has 2 rings (SSSR count). The molecule has 0 aromatic heterocycles. The monoisotopic (exact) mass is 376 g/mol. The van der Waals surface area contributed by atoms with Gasteiger partial charge in [-0.05, 0) is 24.6 Å². The predicted molar refractivity (Wildman–Crippen MR) is 84.9 cm³/mol. The topological polar surface area (TPSA) is 9.23 Å². The van der Waals surface area contributed by atoms with Crippen molar-refractivity contribution in [3.63, 3.8) is 0 Å². The third-order valence-corrected chi connectivity index (χ3v) is 4.58. The average molecular weight is 378 g/mol. The minimum atomic E-state index is -0.377. The highest BCUT2D eigenvalue weighted by Crippen LogP contribution is 2.41. The second-order valence-electron chi connectivity index (χ2n) is 4.40. The molecule has 0 N–H and O–H groups in total. The van der Waals surface area contributed by atoms with E-state index in [1.807, 2.05) is 6.92 Å². The van der Waals surface area contributed by atoms with Crippen LogP contribution in [0.5, 0.6) is 5.75 Å². The highest BCUT2D eigenvalue weighted by Gasteiger charge is 2.19. The summed E-state index contributed by atoms with van der Waals surface area (Å²) >= 11 is 15.8. The molecule has 2 aromatic carbocycles. The normalized spacial score (nSPS) is 12.3. The molecule has 2 aromatic rings. The quantitative estimate of drug-likeness (QED) is 0.602. The molecular weight excluding hydrogens is 366 g/mol. The number of benzene rings is 2. The zero-order valence-electron chi connectivity index (χ0n) is 10.9. The van der Waals surface area contributed by atoms with Gasteiger partial charge in [-0.15, -0.1) is 0 Å². The minimum Gasteiger partial charge on any atom is -0.495 e. The van der Waals surface area contributed by atoms with Crippen LogP contribution in [0.2, 0.25) is 10.0 Å². The van der Waals surface area contributed by atoms with E-state index < -0.39 is 0 Å². The Kier molecular flexibility index (Phi) is 4.95. The highest BCUT2D eigenvalue weighted by atomic mass is 79.9. The van der Waals surface area contributed by atoms with Crippen molar-refractivity contribution in [2.24, 2.45) is 0 Å². The molecule has 0 saturated heterocycles. The molecule has 0 aliphatic heterocycles. The minimum absolute atomic E-state index is 0.291. The number of aryl methyl sites for hydroxylation is 1. The largest absolute Gasteiger partial charge is 0.495 e. The summed E-state index contributed by atoms with van der Waals surface area (Å²) in [7, 11) is 1.52. The number of alkyl halides is 1. The van der Waals surface area contributed by atoms with Gasteiger partial charge in [0.25, 0.3) is 0 Å². The van der Waals surface area contributed by atoms with Crippen molar-refractivity contribution in [3.8, 4) is 5.75 Å². The van der Waals surface area contributed by atoms with Crippen LogP contribution < -0.4 is 4.74 Å². The van der Waals surface area contributed by atoms with Crippen LogP contribution in [0.3, 0.4) is 0 Å². The lowest BCUT2D eigenvalue weighted by Gasteiger charge is -2.16. The first-order valence-electron chi connectivity index (χ1n) is 5.87. The Morgan fingerprint density at radius 3 is 2.45 bits per heavy atom. The lowest BCUT2D eigenvalue weighted by molar-refractivity contribution is 0.415. The zero-order chi connectivity index (χ0) is 14.9. The molecule has 20 heavy (non-hydrogen) atoms. The van der Waals surface area contributed by atoms with Gasteiger partial charge < -0.3 is 4.74 Å². The molecule has 0 radical (unpaired) electrons. The Hall–Kier alpha value is -0.770. The first kappa shape index (κ1) is 15.6. The van der Waals surface area contributed by atoms with E-state index in [1.165, 1.54) is 13.2 Å². The Balaban J connectivity index is 2.50. The fraction of sp³-hybridized carbons (Fsp3) is 0.200. The number of ether oxygens (including phenoxy) is 1. The molecule has 0 spiro atoms. The van der Waals surface area contributed by atoms with Crippen molar-refractivity contribution in [1.82, 2.24) is 0 Å². The van der Waals surface area contributed by atoms with Gasteiger partial charge in [-0.3, -0.25) is 0 Å². The maximum atomic E-state index is 14.0. The van der Waals surface area contributed by atoms with Crippen molar-refractivity contribution >= 4 is 39.1 Å². The number of rotatable bonds is 3. The molecule has 0 aliphatic carbocycles. The smallest absolute Gasteiger partial charge is 0.138 e. The molecule has 1 nitrogen and oxygen atoms in total. The van der Waals surface area contributed by atoms with E-state index in [0.717, 1.165) is 5.56 Å². The standard InChI is InChI=1S/C15H12BrCl2FO/c1-8-3-4-13(19)10(5-8)15(16)9-6-12(18)14(20-2)7-11(9)17/h3-7,15H,1-2H3. The molecule has 0 heterocycles. The van der Waals surface area contributed by atoms with Gasteiger partial charge in [0.15, 0.2) is 0 Å². The predicted octanol–water partition coefficient (Wildman–Crippen LogP) is 5.93. The molecule has 5 heteroatoms. The van der Waals surface area contributed by atoms with E-state index in [0.29, 0.717) is 26.9 Å². The fourth-order valence-electron chi connectivity index (χ4n) is 1.92. The first-order chi connectivity index (χ1) is 9.43. The maximum Gasteiger partial charge on any atom is 0.138 e. The van der Waals surface area contributed by atoms with Crippen molar-refractivity contribution < 1.29 is 9.13 Å². The van der Waals surface area contributed by atoms with E-state index >= 15 is 0 Å². The molecule has 106 valence electrons. The second-order valence-corrected chi connectivity index (χ2v) is 6.13. The van der Waals surface area contributed by atoms with E-state index in [-0.39, 0.29) is 10.6 Å². The SMILES string of the molecule is COc1cc(Cl)c(C(Br)c2cc(C)ccc2F)cc1Cl. The van der Waals surface area contributed by atoms with Gasteiger partial charge in [-0.1, -0.05) is 56.8 Å². The van der Waals surface area contributed by atoms with Crippen LogP contribution in [-0.2, 0) is 0 Å². The van der Waals surface area contributed by atoms with Crippen LogP contribution in [0.4, 0.5) is 4.39 Å². The van der Waals surface area contributed by atoms with Crippen LogP contribution in [0.15, 0.2) is 30.3 Å². The van der Waals surface area contributed by atoms with E-state index in [4.69, 9.17) is 27.9 Å². The van der Waals surface area contributed by atoms with E-state index in [9.17, 15) is 4.39 Å². The number of hydrogen-bond acceptors (Lipinski definition) is 1. The summed E-state index contributed by atoms with van der Waals surface area (Å²) in [5.74, 6) is 0.199. The maximum absolute atomic E-state index is 14.0. The molecule has 0 saturated carbocycles. The van der Waals surface area contributed by atoms with Crippen molar-refractivity contribution in [1.29, 1.82) is 0 Å². The molecular formula is C15H12BrCl2FO. The van der Waals surface area contributed by atoms with Gasteiger partial charge in [0.2, 0.25) is 0 Å². The van der Waals surface area contributed by atoms with E-state index in [1.54, 1.807) is 24.3 Å². The average Bonchev–Trinajstić information content (AvgIpc) is 2.42. The lowest BCUT2D eigenvalue weighted by Crippen LogP contribution is -1.99. The van der Waals surface area contributed by atoms with Crippen LogP contribution in [-0.4, -0.2) is 7.11 Å². The number of halogens is 4. The Morgan fingerprint density at radius 1 is 1.10 bits per heavy atom. The lowest BCUT2D eigenvalue weighted by atomic mass is 10.0. The molecule has 0 fully saturated rings. The number of hydrogen-bond donors (Lipinski definition) is 0. The first-order valence-corrected chi connectivity index (χ1v) is 7.54. The van der Waals surface area contributed by atoms with Gasteiger partial charge in [-0.2, -0.15) is 0 Å². The van der Waals surface area contributed by atoms with Gasteiger partial charge in [0.1, 0.15) is 11.6 Å². The second kappa shape index (κ2) is 6.33. The van der Waals surface area contributed by atoms with Gasteiger partial charge in [-0.25, -0.2) is 4.39 Å². The molecule has 0 amide bonds. The zero-order valence-corrected chi connectivity index (χ0v) is 14.0. The third kappa shape index (κ3) is 3.11. The summed E-state index contributed by atoms with van der Waals surface area (Å²) in [6.07, 6.45) is 0. The van der Waals surface area contributed by atoms with E-state index in [2.05, 4.69) is 15.9 Å². The number of methoxy groups -OCH3 is 1. The fourth-order valence-corrected chi connectivity index (χ4v) is 3.29. The molecule has 0 aliphatic rings. The van der Waals surface area contributed by atoms with Crippen LogP contribution in [0.1, 0.15) is 21.5 Å². The molecule has 0 bridgehead atoms. The summed E-state index contributed by atoms with van der Waals surface area (Å²) in [5, 5.41) is 0.901. The van der Waals surface area contributed by atoms with Crippen LogP contribution in [0.25, 0.3) is 0 Å². The summed E-state index contributed by atoms with van der Waals surface area (Å²) in [4.78, 5) is -0.377. The van der Waals surface area contributed by atoms with Gasteiger partial charge in [0, 0.05) is 16.7 Å². The molecule has 1 atom stereocenters. The van der Waals surface area contributed by atoms with Gasteiger partial charge in [0.05, 0.1) is 17.0 Å². The molecule has 1 unspecified atom stereocenters. The highest BCUT2D eigenvalue weighted by molar-refractivity contribution is 9.09. The summed E-state index contributed by atoms with van der Waals surface area (Å²) < 4.78 is 19.1. The van der Waals surface area contributed by atoms with Gasteiger partial charge >= 0.3 is 0 Å². The summed E-state index contributed by atoms with van der Waals surface area (Å²) in [6.45, 7) is 1.91. The van der Waals surface area contributed by atoms with Crippen molar-refractivity contribution in [2.75, 3.05) is 7.11 Å². The third-order valence-electron chi connectivity index (χ3n) is 2.97. The van der Waals surface area contributed by atoms with Crippen molar-refractivity contribution in [3.05, 3.63) is 62.9 Å². The Bertz CT molecular complexity index is 646. The Labute approximate surface area is 135 Å². The van der Waals surface area contributed by atoms with Crippen LogP contribution in [0, 0.1) is 12.7 Å². The summed E-state index contributed by atoms with van der Waals surface area (Å²) in [5.41, 5.74) is 2.19. The van der Waals surface area contributed by atoms with Crippen LogP contribution >= 0.6 is 39.1 Å².